The minimum Gasteiger partial charge on any atom is -0.382 e. The molecule has 0 heterocycles. The molecule has 0 unspecified atom stereocenters. The summed E-state index contributed by atoms with van der Waals surface area (Å²) in [6, 6.07) is 0. The molecule has 0 aromatic heterocycles. The molecule has 0 fully saturated rings. The second-order valence-corrected chi connectivity index (χ2v) is 30.9. The molecule has 0 aliphatic rings. The molecule has 0 rings (SSSR count). The van der Waals surface area contributed by atoms with E-state index < -0.39 is 0 Å². The zero-order valence-electron chi connectivity index (χ0n) is 88.1. The normalized spacial score (nSPS) is 12.0. The topological polar surface area (TPSA) is 425 Å². The molecular formula is C96H194O46S3. The van der Waals surface area contributed by atoms with E-state index in [9.17, 15) is 0 Å². The monoisotopic (exact) mass is 2180 g/mol. The molecule has 0 radical (unpaired) electrons. The molecule has 145 heavy (non-hydrogen) atoms. The average Bonchev–Trinajstić information content (AvgIpc) is 0.898. The standard InChI is InChI=1S/C96H194O46S3/c1-97-2-3-98-4-5-99-6-7-100-8-9-101-10-11-102-12-13-103-14-15-104-16-17-105-18-19-106-20-21-107-22-23-108-24-25-109-26-27-110-28-29-111-30-31-112-32-33-113-34-35-114-36-37-115-38-39-116-40-41-117-42-43-118-44-45-119-46-47-120-48-49-121-50-51-122-52-53-123-54-55-124-56-57-125-58-59-126-60-61-127-62-63-128-64-65-129-66-67-130-68-69-131-70-71-132-72-73-133-74-75-134-76-77-135-78-79-136-80-81-137-82-83-138-84-85-139-86-87-140-88-89-141-90-91-142-92-96(93-143,94-144)95-145/h143-145H,2-95H2,1H3. The summed E-state index contributed by atoms with van der Waals surface area (Å²) in [6.45, 7) is 44.1. The van der Waals surface area contributed by atoms with E-state index >= 15 is 0 Å². The first kappa shape index (κ1) is 144. The second-order valence-electron chi connectivity index (χ2n) is 30.0. The van der Waals surface area contributed by atoms with E-state index in [1.807, 2.05) is 0 Å². The van der Waals surface area contributed by atoms with Crippen molar-refractivity contribution in [3.05, 3.63) is 0 Å². The molecular weight excluding hydrogens is 1990 g/mol. The molecule has 0 saturated heterocycles. The maximum Gasteiger partial charge on any atom is 0.0701 e. The van der Waals surface area contributed by atoms with Gasteiger partial charge in [-0.1, -0.05) is 0 Å². The van der Waals surface area contributed by atoms with Gasteiger partial charge in [0.1, 0.15) is 0 Å². The van der Waals surface area contributed by atoms with Crippen LogP contribution in [-0.2, 0) is 218 Å². The van der Waals surface area contributed by atoms with Crippen LogP contribution in [0.3, 0.4) is 0 Å². The number of hydrogen-bond donors (Lipinski definition) is 3. The van der Waals surface area contributed by atoms with E-state index in [1.165, 1.54) is 0 Å². The van der Waals surface area contributed by atoms with E-state index in [0.29, 0.717) is 618 Å². The highest BCUT2D eigenvalue weighted by Gasteiger charge is 2.26. The Bertz CT molecular complexity index is 2030. The van der Waals surface area contributed by atoms with Crippen LogP contribution in [0.25, 0.3) is 0 Å². The third-order valence-electron chi connectivity index (χ3n) is 18.2. The van der Waals surface area contributed by atoms with Crippen molar-refractivity contribution < 1.29 is 218 Å². The minimum absolute atomic E-state index is 0.115. The number of methoxy groups -OCH3 is 1. The van der Waals surface area contributed by atoms with Crippen molar-refractivity contribution in [3.8, 4) is 0 Å². The van der Waals surface area contributed by atoms with Crippen molar-refractivity contribution in [3.63, 3.8) is 0 Å². The summed E-state index contributed by atoms with van der Waals surface area (Å²) in [5.74, 6) is 2.03. The lowest BCUT2D eigenvalue weighted by Crippen LogP contribution is -2.33. The molecule has 0 aromatic carbocycles. The maximum absolute atomic E-state index is 5.70. The first-order valence-corrected chi connectivity index (χ1v) is 53.4. The van der Waals surface area contributed by atoms with E-state index in [2.05, 4.69) is 37.9 Å². The minimum atomic E-state index is -0.115. The lowest BCUT2D eigenvalue weighted by molar-refractivity contribution is -0.0330. The predicted molar refractivity (Wildman–Crippen MR) is 543 cm³/mol. The molecule has 0 amide bonds. The predicted octanol–water partition coefficient (Wildman–Crippen LogP) is 2.16. The summed E-state index contributed by atoms with van der Waals surface area (Å²) >= 11 is 13.2. The highest BCUT2D eigenvalue weighted by atomic mass is 32.1. The zero-order chi connectivity index (χ0) is 103. The largest absolute Gasteiger partial charge is 0.382 e. The van der Waals surface area contributed by atoms with Crippen LogP contribution >= 0.6 is 37.9 Å². The van der Waals surface area contributed by atoms with Crippen LogP contribution in [0, 0.1) is 5.41 Å². The fraction of sp³-hybridized carbons (Fsp3) is 1.00. The summed E-state index contributed by atoms with van der Waals surface area (Å²) in [5.41, 5.74) is -0.115. The smallest absolute Gasteiger partial charge is 0.0701 e. The Balaban J connectivity index is 3.11. The van der Waals surface area contributed by atoms with Crippen molar-refractivity contribution in [2.24, 2.45) is 5.41 Å². The first-order valence-electron chi connectivity index (χ1n) is 51.5. The lowest BCUT2D eigenvalue weighted by atomic mass is 9.97. The van der Waals surface area contributed by atoms with Crippen LogP contribution in [0.5, 0.6) is 0 Å². The Morgan fingerprint density at radius 3 is 0.200 bits per heavy atom. The fourth-order valence-corrected chi connectivity index (χ4v) is 11.9. The van der Waals surface area contributed by atoms with Gasteiger partial charge in [0.25, 0.3) is 0 Å². The Morgan fingerprint density at radius 2 is 0.145 bits per heavy atom. The van der Waals surface area contributed by atoms with Gasteiger partial charge in [-0.3, -0.25) is 0 Å². The Morgan fingerprint density at radius 1 is 0.0897 bits per heavy atom. The van der Waals surface area contributed by atoms with Crippen LogP contribution in [0.2, 0.25) is 0 Å². The Kier molecular flexibility index (Phi) is 137. The molecule has 0 aliphatic heterocycles. The van der Waals surface area contributed by atoms with Crippen molar-refractivity contribution in [2.45, 2.75) is 0 Å². The third kappa shape index (κ3) is 132. The molecule has 49 heteroatoms. The number of rotatable bonds is 140. The van der Waals surface area contributed by atoms with Gasteiger partial charge in [-0.05, 0) is 17.3 Å². The van der Waals surface area contributed by atoms with Gasteiger partial charge in [0.05, 0.1) is 601 Å². The molecule has 0 aromatic rings. The average molecular weight is 2180 g/mol. The van der Waals surface area contributed by atoms with Gasteiger partial charge in [0.15, 0.2) is 0 Å². The van der Waals surface area contributed by atoms with Gasteiger partial charge >= 0.3 is 0 Å². The van der Waals surface area contributed by atoms with Crippen LogP contribution in [-0.4, -0.2) is 626 Å². The zero-order valence-corrected chi connectivity index (χ0v) is 90.8. The van der Waals surface area contributed by atoms with Gasteiger partial charge < -0.3 is 218 Å². The summed E-state index contributed by atoms with van der Waals surface area (Å²) in [4.78, 5) is 0. The maximum atomic E-state index is 5.70. The summed E-state index contributed by atoms with van der Waals surface area (Å²) in [5, 5.41) is 0. The van der Waals surface area contributed by atoms with Gasteiger partial charge in [-0.2, -0.15) is 37.9 Å². The number of hydrogen-bond acceptors (Lipinski definition) is 49. The molecule has 0 aliphatic carbocycles. The number of ether oxygens (including phenoxy) is 46. The number of thiol groups is 3. The third-order valence-corrected chi connectivity index (χ3v) is 20.2. The van der Waals surface area contributed by atoms with Crippen molar-refractivity contribution >= 4 is 37.9 Å². The molecule has 0 spiro atoms. The van der Waals surface area contributed by atoms with Crippen LogP contribution in [0.15, 0.2) is 0 Å². The molecule has 0 saturated carbocycles. The highest BCUT2D eigenvalue weighted by Crippen LogP contribution is 2.23. The van der Waals surface area contributed by atoms with E-state index in [0.717, 1.165) is 0 Å². The van der Waals surface area contributed by atoms with E-state index in [1.54, 1.807) is 7.11 Å². The Hall–Kier alpha value is -0.790. The van der Waals surface area contributed by atoms with Crippen LogP contribution < -0.4 is 0 Å². The molecule has 46 nitrogen and oxygen atoms in total. The summed E-state index contributed by atoms with van der Waals surface area (Å²) < 4.78 is 254. The van der Waals surface area contributed by atoms with Crippen molar-refractivity contribution in [2.75, 3.05) is 626 Å². The highest BCUT2D eigenvalue weighted by molar-refractivity contribution is 7.82. The van der Waals surface area contributed by atoms with Crippen LogP contribution in [0.4, 0.5) is 0 Å². The second kappa shape index (κ2) is 137. The SMILES string of the molecule is COCCOCCOCCOCCOCCOCCOCCOCCOCCOCCOCCOCCOCCOCCOCCOCCOCCOCCOCCOCCOCCOCCOCCOCCOCCOCCOCCOCCOCCOCCOCCOCCOCCOCCOCCOCCOCCOCCOCCOCCOCCOCCOCCOCCOCCOCC(CS)(CS)CS. The van der Waals surface area contributed by atoms with Gasteiger partial charge in [-0.25, -0.2) is 0 Å². The van der Waals surface area contributed by atoms with Crippen LogP contribution in [0.1, 0.15) is 0 Å². The molecule has 872 valence electrons. The molecule has 0 bridgehead atoms. The van der Waals surface area contributed by atoms with Gasteiger partial charge in [-0.15, -0.1) is 0 Å². The quantitative estimate of drug-likeness (QED) is 0.0580. The van der Waals surface area contributed by atoms with Crippen molar-refractivity contribution in [1.82, 2.24) is 0 Å². The molecule has 0 atom stereocenters. The Labute approximate surface area is 882 Å². The summed E-state index contributed by atoms with van der Waals surface area (Å²) in [6.07, 6.45) is 0. The van der Waals surface area contributed by atoms with E-state index in [4.69, 9.17) is 218 Å². The fourth-order valence-electron chi connectivity index (χ4n) is 10.4. The lowest BCUT2D eigenvalue weighted by Gasteiger charge is -2.28. The van der Waals surface area contributed by atoms with Gasteiger partial charge in [0, 0.05) is 12.5 Å². The van der Waals surface area contributed by atoms with Gasteiger partial charge in [0.2, 0.25) is 0 Å². The van der Waals surface area contributed by atoms with E-state index in [-0.39, 0.29) is 5.41 Å². The first-order chi connectivity index (χ1) is 72.2. The summed E-state index contributed by atoms with van der Waals surface area (Å²) in [7, 11) is 1.64. The van der Waals surface area contributed by atoms with Crippen molar-refractivity contribution in [1.29, 1.82) is 0 Å². The molecule has 0 N–H and O–H groups in total.